The number of nitrogens with zero attached hydrogens (tertiary/aromatic N) is 5. The summed E-state index contributed by atoms with van der Waals surface area (Å²) in [5, 5.41) is 7.07. The molecule has 81 heavy (non-hydrogen) atoms. The molecule has 15 aromatic rings. The first-order valence-electron chi connectivity index (χ1n) is 28.0. The summed E-state index contributed by atoms with van der Waals surface area (Å²) in [7, 11) is 0. The second-order valence-electron chi connectivity index (χ2n) is 22.3. The van der Waals surface area contributed by atoms with Gasteiger partial charge in [-0.2, -0.15) is 0 Å². The van der Waals surface area contributed by atoms with E-state index in [1.165, 1.54) is 82.1 Å². The van der Waals surface area contributed by atoms with Gasteiger partial charge in [0.2, 0.25) is 0 Å². The molecule has 0 unspecified atom stereocenters. The van der Waals surface area contributed by atoms with E-state index in [1.807, 2.05) is 0 Å². The van der Waals surface area contributed by atoms with Crippen molar-refractivity contribution in [3.8, 4) is 22.9 Å². The lowest BCUT2D eigenvalue weighted by molar-refractivity contribution is 0.472. The molecule has 0 saturated heterocycles. The van der Waals surface area contributed by atoms with Crippen LogP contribution in [0.3, 0.4) is 0 Å². The Balaban J connectivity index is 0.939. The van der Waals surface area contributed by atoms with Crippen LogP contribution >= 0.6 is 0 Å². The number of aromatic nitrogens is 2. The highest BCUT2D eigenvalue weighted by Gasteiger charge is 2.55. The molecule has 0 radical (unpaired) electrons. The van der Waals surface area contributed by atoms with Gasteiger partial charge < -0.3 is 33.0 Å². The number of benzene rings is 12. The van der Waals surface area contributed by atoms with E-state index in [-0.39, 0.29) is 13.4 Å². The van der Waals surface area contributed by atoms with Gasteiger partial charge in [0.05, 0.1) is 33.4 Å². The summed E-state index contributed by atoms with van der Waals surface area (Å²) >= 11 is 0. The summed E-state index contributed by atoms with van der Waals surface area (Å²) in [5.41, 5.74) is 26.1. The van der Waals surface area contributed by atoms with Crippen LogP contribution in [0.5, 0.6) is 11.5 Å². The number of ether oxygens (including phenoxy) is 1. The molecule has 0 spiro atoms. The number of para-hydroxylation sites is 8. The fourth-order valence-corrected chi connectivity index (χ4v) is 15.3. The van der Waals surface area contributed by atoms with Crippen LogP contribution in [0.15, 0.2) is 253 Å². The molecule has 0 aliphatic carbocycles. The number of anilines is 9. The zero-order valence-corrected chi connectivity index (χ0v) is 43.4. The Morgan fingerprint density at radius 1 is 0.296 bits per heavy atom. The molecular weight excluding hydrogens is 988 g/mol. The normalized spacial score (nSPS) is 13.9. The van der Waals surface area contributed by atoms with Crippen molar-refractivity contribution >= 4 is 163 Å². The second kappa shape index (κ2) is 15.1. The molecule has 3 aromatic heterocycles. The van der Waals surface area contributed by atoms with Gasteiger partial charge in [0.1, 0.15) is 5.58 Å². The number of hydrogen-bond donors (Lipinski definition) is 0. The van der Waals surface area contributed by atoms with Crippen molar-refractivity contribution in [3.63, 3.8) is 0 Å². The quantitative estimate of drug-likeness (QED) is 0.164. The van der Waals surface area contributed by atoms with Crippen LogP contribution in [-0.2, 0) is 0 Å². The highest BCUT2D eigenvalue weighted by molar-refractivity contribution is 7.05. The first kappa shape index (κ1) is 42.4. The molecule has 7 nitrogen and oxygen atoms in total. The molecule has 9 heteroatoms. The number of furan rings is 1. The molecule has 0 atom stereocenters. The van der Waals surface area contributed by atoms with Gasteiger partial charge >= 0.3 is 0 Å². The van der Waals surface area contributed by atoms with E-state index in [4.69, 9.17) is 9.15 Å². The Morgan fingerprint density at radius 2 is 0.778 bits per heavy atom. The summed E-state index contributed by atoms with van der Waals surface area (Å²) < 4.78 is 19.3. The molecule has 0 bridgehead atoms. The second-order valence-corrected chi connectivity index (χ2v) is 22.3. The van der Waals surface area contributed by atoms with E-state index < -0.39 is 0 Å². The summed E-state index contributed by atoms with van der Waals surface area (Å²) in [4.78, 5) is 7.72. The smallest absolute Gasteiger partial charge is 0.252 e. The topological polar surface area (TPSA) is 42.0 Å². The average molecular weight is 1030 g/mol. The van der Waals surface area contributed by atoms with E-state index in [0.717, 1.165) is 90.3 Å². The average Bonchev–Trinajstić information content (AvgIpc) is 2.39. The molecule has 5 aliphatic heterocycles. The first-order valence-corrected chi connectivity index (χ1v) is 28.0. The maximum atomic E-state index is 7.47. The van der Waals surface area contributed by atoms with Crippen LogP contribution in [0.1, 0.15) is 0 Å². The van der Waals surface area contributed by atoms with Gasteiger partial charge in [0.15, 0.2) is 17.1 Å². The molecule has 12 aromatic carbocycles. The Labute approximate surface area is 465 Å². The summed E-state index contributed by atoms with van der Waals surface area (Å²) in [6.45, 7) is -0.328. The third-order valence-electron chi connectivity index (χ3n) is 18.4. The van der Waals surface area contributed by atoms with Gasteiger partial charge in [0, 0.05) is 83.5 Å². The zero-order valence-electron chi connectivity index (χ0n) is 43.4. The van der Waals surface area contributed by atoms with E-state index in [2.05, 4.69) is 273 Å². The Bertz CT molecular complexity index is 5230. The molecule has 0 fully saturated rings. The maximum absolute atomic E-state index is 7.47. The lowest BCUT2D eigenvalue weighted by atomic mass is 9.28. The van der Waals surface area contributed by atoms with Crippen LogP contribution < -0.4 is 52.2 Å². The fourth-order valence-electron chi connectivity index (χ4n) is 15.3. The third kappa shape index (κ3) is 5.27. The summed E-state index contributed by atoms with van der Waals surface area (Å²) in [5.74, 6) is 1.58. The molecule has 372 valence electrons. The van der Waals surface area contributed by atoms with Crippen LogP contribution in [-0.4, -0.2) is 22.6 Å². The Hall–Kier alpha value is -10.6. The Kier molecular flexibility index (Phi) is 7.92. The molecule has 8 heterocycles. The number of hydrogen-bond acceptors (Lipinski definition) is 5. The van der Waals surface area contributed by atoms with Crippen LogP contribution in [0.4, 0.5) is 51.2 Å². The molecule has 20 rings (SSSR count). The van der Waals surface area contributed by atoms with E-state index in [1.54, 1.807) is 0 Å². The van der Waals surface area contributed by atoms with E-state index >= 15 is 0 Å². The van der Waals surface area contributed by atoms with E-state index in [0.29, 0.717) is 0 Å². The van der Waals surface area contributed by atoms with Crippen molar-refractivity contribution < 1.29 is 9.15 Å². The lowest BCUT2D eigenvalue weighted by Crippen LogP contribution is -2.69. The predicted molar refractivity (Wildman–Crippen MR) is 336 cm³/mol. The minimum atomic E-state index is -0.189. The van der Waals surface area contributed by atoms with Gasteiger partial charge in [-0.15, -0.1) is 0 Å². The van der Waals surface area contributed by atoms with Crippen molar-refractivity contribution in [3.05, 3.63) is 249 Å². The van der Waals surface area contributed by atoms with Gasteiger partial charge in [-0.1, -0.05) is 158 Å². The van der Waals surface area contributed by atoms with Crippen molar-refractivity contribution in [2.24, 2.45) is 0 Å². The van der Waals surface area contributed by atoms with Crippen LogP contribution in [0.25, 0.3) is 76.9 Å². The zero-order chi connectivity index (χ0) is 52.3. The fraction of sp³-hybridized carbons (Fsp3) is 0. The SMILES string of the molecule is c1ccc(N2c3cc(-n4c5ccccc5c5ccccc54)ccc3B3c4cccc5c4N4c6c3c2cc2c6B(c3ccc(-n6c7ccccc7c7ccccc76)cc3N2c2ccccc2)c2cc3c(oc6ccccc63)c(c24)O5)cc1. The highest BCUT2D eigenvalue weighted by atomic mass is 16.5. The van der Waals surface area contributed by atoms with Gasteiger partial charge in [-0.05, 0) is 124 Å². The summed E-state index contributed by atoms with van der Waals surface area (Å²) in [6, 6.07) is 91.9. The van der Waals surface area contributed by atoms with Gasteiger partial charge in [-0.25, -0.2) is 0 Å². The molecule has 5 aliphatic rings. The molecule has 0 amide bonds. The summed E-state index contributed by atoms with van der Waals surface area (Å²) in [6.07, 6.45) is 0. The van der Waals surface area contributed by atoms with Crippen LogP contribution in [0.2, 0.25) is 0 Å². The number of rotatable bonds is 4. The Morgan fingerprint density at radius 3 is 1.32 bits per heavy atom. The third-order valence-corrected chi connectivity index (χ3v) is 18.4. The monoisotopic (exact) mass is 1030 g/mol. The van der Waals surface area contributed by atoms with Crippen LogP contribution in [0, 0.1) is 0 Å². The standard InChI is InChI=1S/C72H41B2N5O2/c1-3-18-42(19-4-1)75-60-38-44(77-56-28-12-7-22-46(56)47-23-8-13-29-57(47)77)34-36-52(60)73-54-27-17-33-65-68(54)79-69-55(40-51-50-26-11-16-32-64(50)80-71(51)72(69)81-65)74-53-37-35-45(78-58-30-14-9-24-48(58)49-25-10-15-31-59(49)78)39-61(53)76(43-20-5-2-6-21-43)63-41-62(75)66(73)70(79)67(63)74/h1-41H. The number of fused-ring (bicyclic) bond motifs is 16. The van der Waals surface area contributed by atoms with Crippen molar-refractivity contribution in [2.75, 3.05) is 14.7 Å². The molecule has 0 N–H and O–H groups in total. The predicted octanol–water partition coefficient (Wildman–Crippen LogP) is 14.6. The largest absolute Gasteiger partial charge is 0.452 e. The molecule has 0 saturated carbocycles. The minimum absolute atomic E-state index is 0.139. The van der Waals surface area contributed by atoms with E-state index in [9.17, 15) is 0 Å². The van der Waals surface area contributed by atoms with Gasteiger partial charge in [0.25, 0.3) is 13.4 Å². The van der Waals surface area contributed by atoms with Crippen molar-refractivity contribution in [1.82, 2.24) is 9.13 Å². The lowest BCUT2D eigenvalue weighted by Gasteiger charge is -2.52. The minimum Gasteiger partial charge on any atom is -0.452 e. The first-order chi connectivity index (χ1) is 40.2. The van der Waals surface area contributed by atoms with Crippen molar-refractivity contribution in [1.29, 1.82) is 0 Å². The van der Waals surface area contributed by atoms with Crippen molar-refractivity contribution in [2.45, 2.75) is 0 Å². The molecular formula is C72H41B2N5O2. The maximum Gasteiger partial charge on any atom is 0.252 e. The highest BCUT2D eigenvalue weighted by Crippen LogP contribution is 2.58. The van der Waals surface area contributed by atoms with Gasteiger partial charge in [-0.3, -0.25) is 0 Å².